The standard InChI is InChI=1S/C18H17N3O2S/c1-19-8-6-13(7-9-19)16-12-20(18-3-2-10-24-18)17-5-4-14(21(22)23)11-15(16)17/h2-6,10-12H,7-9H2,1H3. The number of benzene rings is 1. The predicted molar refractivity (Wildman–Crippen MR) is 97.9 cm³/mol. The topological polar surface area (TPSA) is 51.3 Å². The Morgan fingerprint density at radius 1 is 1.29 bits per heavy atom. The van der Waals surface area contributed by atoms with Crippen LogP contribution in [-0.4, -0.2) is 34.5 Å². The molecule has 0 radical (unpaired) electrons. The monoisotopic (exact) mass is 339 g/mol. The number of nitro groups is 1. The number of fused-ring (bicyclic) bond motifs is 1. The minimum Gasteiger partial charge on any atom is -0.307 e. The molecule has 0 aliphatic carbocycles. The molecule has 0 saturated carbocycles. The molecule has 3 aromatic rings. The van der Waals surface area contributed by atoms with Gasteiger partial charge < -0.3 is 9.47 Å². The maximum absolute atomic E-state index is 11.2. The summed E-state index contributed by atoms with van der Waals surface area (Å²) >= 11 is 1.66. The van der Waals surface area contributed by atoms with Crippen molar-refractivity contribution < 1.29 is 4.92 Å². The number of rotatable bonds is 3. The van der Waals surface area contributed by atoms with Crippen LogP contribution in [0, 0.1) is 10.1 Å². The summed E-state index contributed by atoms with van der Waals surface area (Å²) in [6, 6.07) is 9.23. The molecule has 5 nitrogen and oxygen atoms in total. The van der Waals surface area contributed by atoms with Crippen molar-refractivity contribution in [1.82, 2.24) is 9.47 Å². The number of aromatic nitrogens is 1. The highest BCUT2D eigenvalue weighted by atomic mass is 32.1. The zero-order valence-corrected chi connectivity index (χ0v) is 14.1. The van der Waals surface area contributed by atoms with E-state index in [1.54, 1.807) is 23.5 Å². The fourth-order valence-corrected chi connectivity index (χ4v) is 3.91. The first-order valence-corrected chi connectivity index (χ1v) is 8.73. The lowest BCUT2D eigenvalue weighted by atomic mass is 9.99. The Balaban J connectivity index is 1.94. The van der Waals surface area contributed by atoms with Crippen molar-refractivity contribution >= 4 is 33.5 Å². The van der Waals surface area contributed by atoms with Gasteiger partial charge in [-0.3, -0.25) is 10.1 Å². The lowest BCUT2D eigenvalue weighted by molar-refractivity contribution is -0.384. The van der Waals surface area contributed by atoms with Crippen molar-refractivity contribution in [3.63, 3.8) is 0 Å². The van der Waals surface area contributed by atoms with Gasteiger partial charge in [-0.1, -0.05) is 6.08 Å². The summed E-state index contributed by atoms with van der Waals surface area (Å²) in [7, 11) is 2.10. The Labute approximate surface area is 143 Å². The molecule has 3 heterocycles. The van der Waals surface area contributed by atoms with Crippen molar-refractivity contribution in [2.45, 2.75) is 6.42 Å². The van der Waals surface area contributed by atoms with Crippen molar-refractivity contribution in [3.8, 4) is 5.00 Å². The van der Waals surface area contributed by atoms with Crippen LogP contribution in [0.15, 0.2) is 48.0 Å². The van der Waals surface area contributed by atoms with Gasteiger partial charge in [0.15, 0.2) is 0 Å². The summed E-state index contributed by atoms with van der Waals surface area (Å²) in [5.74, 6) is 0. The van der Waals surface area contributed by atoms with E-state index >= 15 is 0 Å². The Bertz CT molecular complexity index is 941. The fourth-order valence-electron chi connectivity index (χ4n) is 3.19. The van der Waals surface area contributed by atoms with E-state index in [9.17, 15) is 10.1 Å². The first-order chi connectivity index (χ1) is 11.6. The Hall–Kier alpha value is -2.44. The quantitative estimate of drug-likeness (QED) is 0.527. The molecule has 122 valence electrons. The second-order valence-electron chi connectivity index (χ2n) is 6.06. The van der Waals surface area contributed by atoms with Gasteiger partial charge in [0.25, 0.3) is 5.69 Å². The number of hydrogen-bond donors (Lipinski definition) is 0. The van der Waals surface area contributed by atoms with Crippen LogP contribution in [0.2, 0.25) is 0 Å². The molecule has 0 fully saturated rings. The molecule has 2 aromatic heterocycles. The predicted octanol–water partition coefficient (Wildman–Crippen LogP) is 4.32. The van der Waals surface area contributed by atoms with Gasteiger partial charge in [0.1, 0.15) is 0 Å². The van der Waals surface area contributed by atoms with E-state index in [1.165, 1.54) is 5.57 Å². The summed E-state index contributed by atoms with van der Waals surface area (Å²) < 4.78 is 2.14. The average Bonchev–Trinajstić information content (AvgIpc) is 3.22. The molecule has 0 N–H and O–H groups in total. The molecule has 24 heavy (non-hydrogen) atoms. The summed E-state index contributed by atoms with van der Waals surface area (Å²) in [5.41, 5.74) is 3.53. The van der Waals surface area contributed by atoms with E-state index in [0.717, 1.165) is 41.0 Å². The normalized spacial score (nSPS) is 15.6. The van der Waals surface area contributed by atoms with Crippen LogP contribution in [0.25, 0.3) is 21.5 Å². The highest BCUT2D eigenvalue weighted by Crippen LogP contribution is 2.35. The zero-order chi connectivity index (χ0) is 16.7. The van der Waals surface area contributed by atoms with E-state index < -0.39 is 0 Å². The van der Waals surface area contributed by atoms with Crippen LogP contribution in [0.5, 0.6) is 0 Å². The SMILES string of the molecule is CN1CC=C(c2cn(-c3cccs3)c3ccc([N+](=O)[O-])cc23)CC1. The van der Waals surface area contributed by atoms with Gasteiger partial charge in [0.05, 0.1) is 15.4 Å². The van der Waals surface area contributed by atoms with E-state index in [0.29, 0.717) is 0 Å². The number of nitrogens with zero attached hydrogens (tertiary/aromatic N) is 3. The van der Waals surface area contributed by atoms with Gasteiger partial charge in [-0.25, -0.2) is 0 Å². The third-order valence-corrected chi connectivity index (χ3v) is 5.37. The van der Waals surface area contributed by atoms with Crippen LogP contribution >= 0.6 is 11.3 Å². The Morgan fingerprint density at radius 3 is 2.83 bits per heavy atom. The van der Waals surface area contributed by atoms with Crippen LogP contribution in [0.1, 0.15) is 12.0 Å². The maximum atomic E-state index is 11.2. The van der Waals surface area contributed by atoms with Crippen LogP contribution in [-0.2, 0) is 0 Å². The Kier molecular flexibility index (Phi) is 3.70. The molecule has 0 bridgehead atoms. The highest BCUT2D eigenvalue weighted by molar-refractivity contribution is 7.12. The van der Waals surface area contributed by atoms with Gasteiger partial charge in [-0.2, -0.15) is 0 Å². The molecule has 0 saturated heterocycles. The lowest BCUT2D eigenvalue weighted by Crippen LogP contribution is -2.23. The van der Waals surface area contributed by atoms with Crippen LogP contribution < -0.4 is 0 Å². The fraction of sp³-hybridized carbons (Fsp3) is 0.222. The summed E-state index contributed by atoms with van der Waals surface area (Å²) in [5, 5.41) is 15.3. The number of likely N-dealkylation sites (N-methyl/N-ethyl adjacent to an activating group) is 1. The summed E-state index contributed by atoms with van der Waals surface area (Å²) in [6.45, 7) is 1.92. The summed E-state index contributed by atoms with van der Waals surface area (Å²) in [4.78, 5) is 13.1. The van der Waals surface area contributed by atoms with E-state index in [1.807, 2.05) is 17.5 Å². The Morgan fingerprint density at radius 2 is 2.17 bits per heavy atom. The van der Waals surface area contributed by atoms with Gasteiger partial charge in [-0.05, 0) is 42.6 Å². The molecule has 1 aromatic carbocycles. The first kappa shape index (κ1) is 15.1. The van der Waals surface area contributed by atoms with Crippen molar-refractivity contribution in [2.75, 3.05) is 20.1 Å². The number of hydrogen-bond acceptors (Lipinski definition) is 4. The van der Waals surface area contributed by atoms with Crippen LogP contribution in [0.3, 0.4) is 0 Å². The highest BCUT2D eigenvalue weighted by Gasteiger charge is 2.19. The van der Waals surface area contributed by atoms with Gasteiger partial charge in [0.2, 0.25) is 0 Å². The molecule has 1 aliphatic rings. The third-order valence-electron chi connectivity index (χ3n) is 4.50. The second-order valence-corrected chi connectivity index (χ2v) is 6.99. The van der Waals surface area contributed by atoms with Gasteiger partial charge >= 0.3 is 0 Å². The molecule has 0 amide bonds. The smallest absolute Gasteiger partial charge is 0.270 e. The third kappa shape index (κ3) is 2.53. The molecular formula is C18H17N3O2S. The molecular weight excluding hydrogens is 322 g/mol. The number of non-ortho nitro benzene ring substituents is 1. The minimum atomic E-state index is -0.325. The molecule has 6 heteroatoms. The van der Waals surface area contributed by atoms with Crippen LogP contribution in [0.4, 0.5) is 5.69 Å². The van der Waals surface area contributed by atoms with E-state index in [-0.39, 0.29) is 10.6 Å². The van der Waals surface area contributed by atoms with Crippen molar-refractivity contribution in [1.29, 1.82) is 0 Å². The summed E-state index contributed by atoms with van der Waals surface area (Å²) in [6.07, 6.45) is 5.32. The van der Waals surface area contributed by atoms with Crippen molar-refractivity contribution in [2.24, 2.45) is 0 Å². The minimum absolute atomic E-state index is 0.140. The maximum Gasteiger partial charge on any atom is 0.270 e. The number of nitro benzene ring substituents is 1. The van der Waals surface area contributed by atoms with E-state index in [4.69, 9.17) is 0 Å². The van der Waals surface area contributed by atoms with Crippen molar-refractivity contribution in [3.05, 3.63) is 63.7 Å². The largest absolute Gasteiger partial charge is 0.307 e. The second kappa shape index (κ2) is 5.89. The molecule has 1 aliphatic heterocycles. The zero-order valence-electron chi connectivity index (χ0n) is 13.3. The first-order valence-electron chi connectivity index (χ1n) is 7.85. The van der Waals surface area contributed by atoms with Gasteiger partial charge in [0, 0.05) is 42.4 Å². The lowest BCUT2D eigenvalue weighted by Gasteiger charge is -2.21. The van der Waals surface area contributed by atoms with Gasteiger partial charge in [-0.15, -0.1) is 11.3 Å². The molecule has 4 rings (SSSR count). The molecule has 0 atom stereocenters. The average molecular weight is 339 g/mol. The number of thiophene rings is 1. The van der Waals surface area contributed by atoms with E-state index in [2.05, 4.69) is 34.9 Å². The molecule has 0 unspecified atom stereocenters. The molecule has 0 spiro atoms.